The van der Waals surface area contributed by atoms with Crippen molar-refractivity contribution in [2.45, 2.75) is 37.5 Å². The quantitative estimate of drug-likeness (QED) is 0.194. The molecule has 37 heavy (non-hydrogen) atoms. The zero-order valence-corrected chi connectivity index (χ0v) is 23.3. The fourth-order valence-corrected chi connectivity index (χ4v) is 7.90. The summed E-state index contributed by atoms with van der Waals surface area (Å²) in [7, 11) is 0. The van der Waals surface area contributed by atoms with E-state index in [0.29, 0.717) is 21.5 Å². The van der Waals surface area contributed by atoms with Crippen LogP contribution in [0, 0.1) is 5.41 Å². The second kappa shape index (κ2) is 11.3. The Morgan fingerprint density at radius 1 is 0.676 bits per heavy atom. The Morgan fingerprint density at radius 3 is 1.78 bits per heavy atom. The molecule has 1 unspecified atom stereocenters. The number of nitrogens with zero attached hydrogens (tertiary/aromatic N) is 1. The fraction of sp³-hybridized carbons (Fsp3) is 0.206. The van der Waals surface area contributed by atoms with Gasteiger partial charge in [-0.15, -0.1) is 0 Å². The average molecular weight is 551 g/mol. The standard InChI is InChI=1S/C34H33NOSe/c1-3-31-32(30-21-19-29(20-22-30)28-17-11-6-12-18-28)35(23-26-13-7-4-8-14-26)33(36)34(31,2)25-37-24-27-15-9-5-10-16-27/h4-22H,3,23-25H2,1-2H3. The molecule has 0 N–H and O–H groups in total. The summed E-state index contributed by atoms with van der Waals surface area (Å²) < 4.78 is 0. The van der Waals surface area contributed by atoms with Gasteiger partial charge in [0, 0.05) is 0 Å². The molecule has 0 radical (unpaired) electrons. The van der Waals surface area contributed by atoms with E-state index in [2.05, 4.69) is 122 Å². The van der Waals surface area contributed by atoms with E-state index in [1.54, 1.807) is 0 Å². The van der Waals surface area contributed by atoms with Crippen molar-refractivity contribution < 1.29 is 4.79 Å². The van der Waals surface area contributed by atoms with Crippen molar-refractivity contribution in [2.75, 3.05) is 0 Å². The second-order valence-electron chi connectivity index (χ2n) is 9.81. The van der Waals surface area contributed by atoms with Crippen molar-refractivity contribution in [1.82, 2.24) is 4.90 Å². The van der Waals surface area contributed by atoms with Crippen LogP contribution >= 0.6 is 0 Å². The van der Waals surface area contributed by atoms with Crippen molar-refractivity contribution in [2.24, 2.45) is 5.41 Å². The first-order valence-electron chi connectivity index (χ1n) is 13.0. The number of amides is 1. The van der Waals surface area contributed by atoms with Gasteiger partial charge in [0.15, 0.2) is 0 Å². The number of carbonyl (C=O) groups is 1. The molecule has 186 valence electrons. The zero-order chi connectivity index (χ0) is 25.7. The monoisotopic (exact) mass is 551 g/mol. The number of hydrogen-bond donors (Lipinski definition) is 0. The van der Waals surface area contributed by atoms with Gasteiger partial charge in [0.1, 0.15) is 0 Å². The van der Waals surface area contributed by atoms with Gasteiger partial charge in [0.05, 0.1) is 0 Å². The van der Waals surface area contributed by atoms with Gasteiger partial charge in [0.25, 0.3) is 0 Å². The van der Waals surface area contributed by atoms with Gasteiger partial charge in [0.2, 0.25) is 0 Å². The Labute approximate surface area is 227 Å². The maximum absolute atomic E-state index is 14.2. The molecular formula is C34H33NOSe. The van der Waals surface area contributed by atoms with Crippen LogP contribution in [0.4, 0.5) is 0 Å². The normalized spacial score (nSPS) is 17.5. The van der Waals surface area contributed by atoms with Gasteiger partial charge in [-0.1, -0.05) is 0 Å². The molecule has 1 atom stereocenters. The minimum atomic E-state index is -0.467. The van der Waals surface area contributed by atoms with E-state index in [-0.39, 0.29) is 5.91 Å². The third-order valence-corrected chi connectivity index (χ3v) is 10.0. The van der Waals surface area contributed by atoms with Crippen molar-refractivity contribution in [3.63, 3.8) is 0 Å². The van der Waals surface area contributed by atoms with E-state index in [0.717, 1.165) is 33.9 Å². The van der Waals surface area contributed by atoms with E-state index >= 15 is 0 Å². The zero-order valence-electron chi connectivity index (χ0n) is 21.6. The van der Waals surface area contributed by atoms with Gasteiger partial charge in [-0.2, -0.15) is 0 Å². The molecule has 4 aromatic rings. The van der Waals surface area contributed by atoms with Crippen LogP contribution in [0.1, 0.15) is 37.0 Å². The molecule has 1 amide bonds. The number of rotatable bonds is 9. The number of hydrogen-bond acceptors (Lipinski definition) is 1. The Kier molecular flexibility index (Phi) is 7.74. The molecule has 0 saturated carbocycles. The van der Waals surface area contributed by atoms with Crippen LogP contribution < -0.4 is 0 Å². The minimum absolute atomic E-state index is 0.241. The first kappa shape index (κ1) is 25.3. The summed E-state index contributed by atoms with van der Waals surface area (Å²) >= 11 is 0.331. The number of benzene rings is 4. The van der Waals surface area contributed by atoms with Crippen LogP contribution in [0.5, 0.6) is 0 Å². The summed E-state index contributed by atoms with van der Waals surface area (Å²) in [6.45, 7) is 4.99. The molecule has 0 aromatic heterocycles. The molecule has 3 heteroatoms. The van der Waals surface area contributed by atoms with Crippen molar-refractivity contribution in [1.29, 1.82) is 0 Å². The predicted molar refractivity (Wildman–Crippen MR) is 155 cm³/mol. The fourth-order valence-electron chi connectivity index (χ4n) is 5.30. The van der Waals surface area contributed by atoms with Crippen LogP contribution in [0.3, 0.4) is 0 Å². The summed E-state index contributed by atoms with van der Waals surface area (Å²) in [4.78, 5) is 16.3. The molecule has 0 fully saturated rings. The molecule has 1 aliphatic rings. The maximum atomic E-state index is 14.2. The van der Waals surface area contributed by atoms with E-state index in [1.165, 1.54) is 22.3 Å². The third-order valence-electron chi connectivity index (χ3n) is 7.24. The second-order valence-corrected chi connectivity index (χ2v) is 11.9. The van der Waals surface area contributed by atoms with Gasteiger partial charge in [-0.25, -0.2) is 0 Å². The summed E-state index contributed by atoms with van der Waals surface area (Å²) in [5.41, 5.74) is 7.95. The van der Waals surface area contributed by atoms with E-state index in [4.69, 9.17) is 0 Å². The van der Waals surface area contributed by atoms with Crippen molar-refractivity contribution in [3.05, 3.63) is 138 Å². The topological polar surface area (TPSA) is 20.3 Å². The first-order chi connectivity index (χ1) is 18.1. The summed E-state index contributed by atoms with van der Waals surface area (Å²) in [5, 5.41) is 1.96. The van der Waals surface area contributed by atoms with Gasteiger partial charge < -0.3 is 0 Å². The molecule has 4 aromatic carbocycles. The molecule has 0 bridgehead atoms. The van der Waals surface area contributed by atoms with E-state index in [1.807, 2.05) is 12.1 Å². The van der Waals surface area contributed by atoms with Gasteiger partial charge >= 0.3 is 228 Å². The Morgan fingerprint density at radius 2 is 1.19 bits per heavy atom. The molecule has 0 spiro atoms. The van der Waals surface area contributed by atoms with Gasteiger partial charge in [-0.05, 0) is 0 Å². The SMILES string of the molecule is CCC1=C(c2ccc(-c3ccccc3)cc2)N(Cc2ccccc2)C(=O)C1(C)C[Se]Cc1ccccc1. The van der Waals surface area contributed by atoms with E-state index < -0.39 is 5.41 Å². The molecule has 1 aliphatic heterocycles. The van der Waals surface area contributed by atoms with Crippen LogP contribution in [0.25, 0.3) is 16.8 Å². The van der Waals surface area contributed by atoms with Crippen molar-refractivity contribution >= 4 is 26.6 Å². The van der Waals surface area contributed by atoms with Gasteiger partial charge in [-0.3, -0.25) is 0 Å². The van der Waals surface area contributed by atoms with E-state index in [9.17, 15) is 4.79 Å². The third kappa shape index (κ3) is 5.34. The van der Waals surface area contributed by atoms with Crippen LogP contribution in [0.2, 0.25) is 5.32 Å². The Hall–Kier alpha value is -3.39. The predicted octanol–water partition coefficient (Wildman–Crippen LogP) is 7.85. The number of carbonyl (C=O) groups excluding carboxylic acids is 1. The summed E-state index contributed by atoms with van der Waals surface area (Å²) in [6, 6.07) is 40.2. The van der Waals surface area contributed by atoms with Crippen LogP contribution in [-0.4, -0.2) is 25.8 Å². The molecule has 2 nitrogen and oxygen atoms in total. The molecule has 5 rings (SSSR count). The molecular weight excluding hydrogens is 517 g/mol. The summed E-state index contributed by atoms with van der Waals surface area (Å²) in [5.74, 6) is 0.241. The molecule has 0 aliphatic carbocycles. The first-order valence-corrected chi connectivity index (χ1v) is 15.4. The Bertz CT molecular complexity index is 1360. The molecule has 0 saturated heterocycles. The van der Waals surface area contributed by atoms with Crippen LogP contribution in [-0.2, 0) is 16.7 Å². The van der Waals surface area contributed by atoms with Crippen LogP contribution in [0.15, 0.2) is 121 Å². The average Bonchev–Trinajstić information content (AvgIpc) is 3.16. The summed E-state index contributed by atoms with van der Waals surface area (Å²) in [6.07, 6.45) is 0.866. The molecule has 1 heterocycles. The van der Waals surface area contributed by atoms with Crippen molar-refractivity contribution in [3.8, 4) is 11.1 Å². The Balaban J connectivity index is 1.50.